The number of nitrogens with one attached hydrogen (secondary N) is 1. The molecule has 0 bridgehead atoms. The Bertz CT molecular complexity index is 456. The van der Waals surface area contributed by atoms with E-state index in [1.54, 1.807) is 0 Å². The van der Waals surface area contributed by atoms with Gasteiger partial charge in [0.2, 0.25) is 0 Å². The maximum absolute atomic E-state index is 11.7. The van der Waals surface area contributed by atoms with Gasteiger partial charge in [0.1, 0.15) is 6.61 Å². The molecular weight excluding hydrogens is 258 g/mol. The molecule has 1 fully saturated rings. The molecule has 1 aliphatic rings. The van der Waals surface area contributed by atoms with Gasteiger partial charge in [0.25, 0.3) is 0 Å². The van der Waals surface area contributed by atoms with Gasteiger partial charge >= 0.3 is 12.1 Å². The summed E-state index contributed by atoms with van der Waals surface area (Å²) in [5.74, 6) is -0.638. The van der Waals surface area contributed by atoms with E-state index >= 15 is 0 Å². The average molecular weight is 277 g/mol. The van der Waals surface area contributed by atoms with Crippen LogP contribution in [0.2, 0.25) is 0 Å². The Morgan fingerprint density at radius 2 is 2.00 bits per heavy atom. The van der Waals surface area contributed by atoms with Crippen LogP contribution in [-0.4, -0.2) is 23.2 Å². The molecule has 0 saturated heterocycles. The molecule has 0 aliphatic heterocycles. The average Bonchev–Trinajstić information content (AvgIpc) is 2.35. The summed E-state index contributed by atoms with van der Waals surface area (Å²) in [7, 11) is 0. The quantitative estimate of drug-likeness (QED) is 0.838. The van der Waals surface area contributed by atoms with Crippen LogP contribution in [0.5, 0.6) is 0 Å². The number of benzene rings is 1. The normalized spacial score (nSPS) is 16.0. The molecule has 20 heavy (non-hydrogen) atoms. The Kier molecular flexibility index (Phi) is 4.98. The topological polar surface area (TPSA) is 75.6 Å². The molecule has 1 aromatic rings. The van der Waals surface area contributed by atoms with Gasteiger partial charge in [-0.25, -0.2) is 4.79 Å². The van der Waals surface area contributed by atoms with Crippen LogP contribution in [0.3, 0.4) is 0 Å². The zero-order valence-corrected chi connectivity index (χ0v) is 11.2. The predicted octanol–water partition coefficient (Wildman–Crippen LogP) is 2.56. The minimum absolute atomic E-state index is 0.0505. The maximum Gasteiger partial charge on any atom is 0.407 e. The van der Waals surface area contributed by atoms with Crippen LogP contribution in [0.1, 0.15) is 31.2 Å². The lowest BCUT2D eigenvalue weighted by molar-refractivity contribution is -0.138. The number of carboxylic acid groups (broad SMARTS) is 1. The summed E-state index contributed by atoms with van der Waals surface area (Å²) in [6.07, 6.45) is 2.44. The molecule has 1 aromatic carbocycles. The van der Waals surface area contributed by atoms with Crippen molar-refractivity contribution < 1.29 is 19.4 Å². The van der Waals surface area contributed by atoms with Crippen molar-refractivity contribution >= 4 is 12.1 Å². The number of amides is 1. The van der Waals surface area contributed by atoms with Gasteiger partial charge in [-0.2, -0.15) is 0 Å². The van der Waals surface area contributed by atoms with Crippen LogP contribution >= 0.6 is 0 Å². The highest BCUT2D eigenvalue weighted by molar-refractivity contribution is 5.71. The molecule has 0 unspecified atom stereocenters. The van der Waals surface area contributed by atoms with E-state index in [0.717, 1.165) is 24.8 Å². The zero-order valence-electron chi connectivity index (χ0n) is 11.2. The molecule has 2 rings (SSSR count). The minimum atomic E-state index is -0.898. The SMILES string of the molecule is O=C(O)C[C@@H](NC(=O)OCc1ccccc1)C1CCC1. The summed E-state index contributed by atoms with van der Waals surface area (Å²) in [6, 6.07) is 9.05. The van der Waals surface area contributed by atoms with Crippen LogP contribution < -0.4 is 5.32 Å². The molecule has 0 heterocycles. The molecule has 1 saturated carbocycles. The predicted molar refractivity (Wildman–Crippen MR) is 73.1 cm³/mol. The summed E-state index contributed by atoms with van der Waals surface area (Å²) in [4.78, 5) is 22.5. The molecule has 0 aromatic heterocycles. The van der Waals surface area contributed by atoms with E-state index < -0.39 is 12.1 Å². The largest absolute Gasteiger partial charge is 0.481 e. The first-order valence-corrected chi connectivity index (χ1v) is 6.84. The van der Waals surface area contributed by atoms with E-state index in [9.17, 15) is 9.59 Å². The second-order valence-electron chi connectivity index (χ2n) is 5.10. The third-order valence-corrected chi connectivity index (χ3v) is 3.63. The molecule has 1 amide bonds. The van der Waals surface area contributed by atoms with Crippen LogP contribution in [0.15, 0.2) is 30.3 Å². The fraction of sp³-hybridized carbons (Fsp3) is 0.467. The van der Waals surface area contributed by atoms with Gasteiger partial charge < -0.3 is 15.2 Å². The number of carbonyl (C=O) groups is 2. The Balaban J connectivity index is 1.80. The number of carbonyl (C=O) groups excluding carboxylic acids is 1. The van der Waals surface area contributed by atoms with Gasteiger partial charge in [-0.1, -0.05) is 36.8 Å². The van der Waals surface area contributed by atoms with E-state index in [-0.39, 0.29) is 25.0 Å². The molecule has 0 radical (unpaired) electrons. The molecule has 0 spiro atoms. The number of hydrogen-bond donors (Lipinski definition) is 2. The maximum atomic E-state index is 11.7. The van der Waals surface area contributed by atoms with Gasteiger partial charge in [0.05, 0.1) is 6.42 Å². The molecule has 5 heteroatoms. The highest BCUT2D eigenvalue weighted by Gasteiger charge is 2.30. The van der Waals surface area contributed by atoms with Crippen molar-refractivity contribution in [1.29, 1.82) is 0 Å². The fourth-order valence-corrected chi connectivity index (χ4v) is 2.28. The van der Waals surface area contributed by atoms with E-state index in [0.29, 0.717) is 0 Å². The van der Waals surface area contributed by atoms with Gasteiger partial charge in [-0.15, -0.1) is 0 Å². The Labute approximate surface area is 117 Å². The summed E-state index contributed by atoms with van der Waals surface area (Å²) in [6.45, 7) is 0.192. The zero-order chi connectivity index (χ0) is 14.4. The Morgan fingerprint density at radius 3 is 2.55 bits per heavy atom. The minimum Gasteiger partial charge on any atom is -0.481 e. The summed E-state index contributed by atoms with van der Waals surface area (Å²) in [5, 5.41) is 11.6. The van der Waals surface area contributed by atoms with Crippen LogP contribution in [0.4, 0.5) is 4.79 Å². The lowest BCUT2D eigenvalue weighted by Crippen LogP contribution is -2.44. The third kappa shape index (κ3) is 4.26. The van der Waals surface area contributed by atoms with Crippen molar-refractivity contribution in [2.45, 2.75) is 38.3 Å². The van der Waals surface area contributed by atoms with Gasteiger partial charge in [-0.05, 0) is 24.3 Å². The molecule has 1 aliphatic carbocycles. The van der Waals surface area contributed by atoms with Crippen LogP contribution in [0, 0.1) is 5.92 Å². The molecular formula is C15H19NO4. The standard InChI is InChI=1S/C15H19NO4/c17-14(18)9-13(12-7-4-8-12)16-15(19)20-10-11-5-2-1-3-6-11/h1-3,5-6,12-13H,4,7-10H2,(H,16,19)(H,17,18)/t13-/m1/s1. The van der Waals surface area contributed by atoms with Crippen molar-refractivity contribution in [3.63, 3.8) is 0 Å². The van der Waals surface area contributed by atoms with Crippen LogP contribution in [-0.2, 0) is 16.1 Å². The van der Waals surface area contributed by atoms with Crippen molar-refractivity contribution in [3.8, 4) is 0 Å². The smallest absolute Gasteiger partial charge is 0.407 e. The van der Waals surface area contributed by atoms with Crippen molar-refractivity contribution in [3.05, 3.63) is 35.9 Å². The molecule has 1 atom stereocenters. The van der Waals surface area contributed by atoms with Crippen LogP contribution in [0.25, 0.3) is 0 Å². The number of rotatable bonds is 6. The number of carboxylic acids is 1. The summed E-state index contributed by atoms with van der Waals surface area (Å²) < 4.78 is 5.12. The number of ether oxygens (including phenoxy) is 1. The fourth-order valence-electron chi connectivity index (χ4n) is 2.28. The second kappa shape index (κ2) is 6.93. The summed E-state index contributed by atoms with van der Waals surface area (Å²) in [5.41, 5.74) is 0.904. The monoisotopic (exact) mass is 277 g/mol. The van der Waals surface area contributed by atoms with Crippen molar-refractivity contribution in [1.82, 2.24) is 5.32 Å². The first-order chi connectivity index (χ1) is 9.65. The third-order valence-electron chi connectivity index (χ3n) is 3.63. The van der Waals surface area contributed by atoms with Gasteiger partial charge in [0, 0.05) is 6.04 Å². The number of alkyl carbamates (subject to hydrolysis) is 1. The Morgan fingerprint density at radius 1 is 1.30 bits per heavy atom. The molecule has 108 valence electrons. The molecule has 2 N–H and O–H groups in total. The first kappa shape index (κ1) is 14.4. The van der Waals surface area contributed by atoms with E-state index in [1.165, 1.54) is 0 Å². The first-order valence-electron chi connectivity index (χ1n) is 6.84. The highest BCUT2D eigenvalue weighted by Crippen LogP contribution is 2.31. The highest BCUT2D eigenvalue weighted by atomic mass is 16.5. The molecule has 5 nitrogen and oxygen atoms in total. The van der Waals surface area contributed by atoms with Crippen molar-refractivity contribution in [2.24, 2.45) is 5.92 Å². The van der Waals surface area contributed by atoms with E-state index in [2.05, 4.69) is 5.32 Å². The second-order valence-corrected chi connectivity index (χ2v) is 5.10. The number of aliphatic carboxylic acids is 1. The number of hydrogen-bond acceptors (Lipinski definition) is 3. The summed E-state index contributed by atoms with van der Waals surface area (Å²) >= 11 is 0. The van der Waals surface area contributed by atoms with E-state index in [1.807, 2.05) is 30.3 Å². The van der Waals surface area contributed by atoms with E-state index in [4.69, 9.17) is 9.84 Å². The van der Waals surface area contributed by atoms with Gasteiger partial charge in [0.15, 0.2) is 0 Å². The lowest BCUT2D eigenvalue weighted by Gasteiger charge is -2.33. The van der Waals surface area contributed by atoms with Gasteiger partial charge in [-0.3, -0.25) is 4.79 Å². The van der Waals surface area contributed by atoms with Crippen molar-refractivity contribution in [2.75, 3.05) is 0 Å². The lowest BCUT2D eigenvalue weighted by atomic mass is 9.78. The Hall–Kier alpha value is -2.04.